The summed E-state index contributed by atoms with van der Waals surface area (Å²) in [6.07, 6.45) is -0.436. The summed E-state index contributed by atoms with van der Waals surface area (Å²) in [6.45, 7) is 3.02. The lowest BCUT2D eigenvalue weighted by molar-refractivity contribution is -0.144. The molecule has 1 fully saturated rings. The molecule has 4 amide bonds. The normalized spacial score (nSPS) is 14.0. The molecule has 134 valence electrons. The van der Waals surface area contributed by atoms with Crippen LogP contribution in [-0.4, -0.2) is 66.4 Å². The van der Waals surface area contributed by atoms with E-state index in [1.165, 1.54) is 21.9 Å². The molecule has 2 rings (SSSR count). The Hall–Kier alpha value is -3.10. The van der Waals surface area contributed by atoms with E-state index in [-0.39, 0.29) is 44.0 Å². The number of hydrogen-bond donors (Lipinski definition) is 2. The Kier molecular flexibility index (Phi) is 5.93. The second-order valence-electron chi connectivity index (χ2n) is 5.34. The molecule has 0 radical (unpaired) electrons. The number of ether oxygens (including phenoxy) is 1. The molecule has 0 aliphatic carbocycles. The molecule has 9 heteroatoms. The number of carbonyl (C=O) groups excluding carboxylic acids is 4. The largest absolute Gasteiger partial charge is 0.450 e. The molecule has 0 aromatic heterocycles. The van der Waals surface area contributed by atoms with Crippen LogP contribution in [0.25, 0.3) is 0 Å². The van der Waals surface area contributed by atoms with Crippen LogP contribution in [0.2, 0.25) is 0 Å². The van der Waals surface area contributed by atoms with Crippen molar-refractivity contribution in [2.24, 2.45) is 5.73 Å². The summed E-state index contributed by atoms with van der Waals surface area (Å²) >= 11 is 0. The van der Waals surface area contributed by atoms with Crippen molar-refractivity contribution in [3.8, 4) is 0 Å². The smallest absolute Gasteiger partial charge is 0.409 e. The predicted molar refractivity (Wildman–Crippen MR) is 88.8 cm³/mol. The highest BCUT2D eigenvalue weighted by atomic mass is 16.6. The third-order valence-corrected chi connectivity index (χ3v) is 3.73. The lowest BCUT2D eigenvalue weighted by atomic mass is 10.1. The molecule has 0 atom stereocenters. The Morgan fingerprint density at radius 3 is 2.28 bits per heavy atom. The van der Waals surface area contributed by atoms with E-state index < -0.39 is 23.8 Å². The Morgan fingerprint density at radius 2 is 1.68 bits per heavy atom. The number of carbonyl (C=O) groups is 4. The highest BCUT2D eigenvalue weighted by molar-refractivity contribution is 6.39. The molecule has 0 spiro atoms. The fraction of sp³-hybridized carbons (Fsp3) is 0.375. The van der Waals surface area contributed by atoms with Gasteiger partial charge in [-0.3, -0.25) is 14.4 Å². The minimum atomic E-state index is -0.863. The van der Waals surface area contributed by atoms with Gasteiger partial charge in [-0.2, -0.15) is 0 Å². The Labute approximate surface area is 144 Å². The molecular formula is C16H20N4O5. The van der Waals surface area contributed by atoms with Gasteiger partial charge in [0.25, 0.3) is 5.91 Å². The molecule has 1 aromatic carbocycles. The van der Waals surface area contributed by atoms with Gasteiger partial charge in [0.05, 0.1) is 17.9 Å². The molecule has 1 aliphatic heterocycles. The molecule has 1 aliphatic rings. The van der Waals surface area contributed by atoms with Crippen LogP contribution in [-0.2, 0) is 14.3 Å². The van der Waals surface area contributed by atoms with Gasteiger partial charge in [-0.15, -0.1) is 0 Å². The fourth-order valence-corrected chi connectivity index (χ4v) is 2.43. The minimum absolute atomic E-state index is 0.121. The van der Waals surface area contributed by atoms with Crippen LogP contribution in [0.5, 0.6) is 0 Å². The SMILES string of the molecule is CCOC(=O)N1CCN(C(=O)C(=O)Nc2ccccc2C(N)=O)CC1. The topological polar surface area (TPSA) is 122 Å². The van der Waals surface area contributed by atoms with Gasteiger partial charge in [-0.1, -0.05) is 12.1 Å². The molecule has 25 heavy (non-hydrogen) atoms. The van der Waals surface area contributed by atoms with E-state index >= 15 is 0 Å². The van der Waals surface area contributed by atoms with Crippen molar-refractivity contribution in [3.05, 3.63) is 29.8 Å². The molecular weight excluding hydrogens is 328 g/mol. The van der Waals surface area contributed by atoms with Gasteiger partial charge in [0, 0.05) is 26.2 Å². The number of nitrogens with zero attached hydrogens (tertiary/aromatic N) is 2. The van der Waals surface area contributed by atoms with Crippen LogP contribution in [0.3, 0.4) is 0 Å². The summed E-state index contributed by atoms with van der Waals surface area (Å²) in [7, 11) is 0. The molecule has 0 bridgehead atoms. The lowest BCUT2D eigenvalue weighted by Gasteiger charge is -2.33. The maximum absolute atomic E-state index is 12.2. The zero-order valence-electron chi connectivity index (χ0n) is 13.9. The number of para-hydroxylation sites is 1. The summed E-state index contributed by atoms with van der Waals surface area (Å²) in [5.74, 6) is -2.30. The standard InChI is InChI=1S/C16H20N4O5/c1-2-25-16(24)20-9-7-19(8-10-20)15(23)14(22)18-12-6-4-3-5-11(12)13(17)21/h3-6H,2,7-10H2,1H3,(H2,17,21)(H,18,22). The average molecular weight is 348 g/mol. The van der Waals surface area contributed by atoms with Crippen molar-refractivity contribution in [1.82, 2.24) is 9.80 Å². The first-order valence-corrected chi connectivity index (χ1v) is 7.84. The van der Waals surface area contributed by atoms with Crippen LogP contribution in [0.15, 0.2) is 24.3 Å². The maximum Gasteiger partial charge on any atom is 0.409 e. The third kappa shape index (κ3) is 4.46. The van der Waals surface area contributed by atoms with Crippen LogP contribution >= 0.6 is 0 Å². The van der Waals surface area contributed by atoms with Crippen molar-refractivity contribution in [3.63, 3.8) is 0 Å². The van der Waals surface area contributed by atoms with Gasteiger partial charge in [0.1, 0.15) is 0 Å². The lowest BCUT2D eigenvalue weighted by Crippen LogP contribution is -2.53. The average Bonchev–Trinajstić information content (AvgIpc) is 2.61. The first kappa shape index (κ1) is 18.2. The number of piperazine rings is 1. The van der Waals surface area contributed by atoms with Crippen molar-refractivity contribution < 1.29 is 23.9 Å². The molecule has 1 saturated heterocycles. The quantitative estimate of drug-likeness (QED) is 0.746. The number of nitrogens with one attached hydrogen (secondary N) is 1. The van der Waals surface area contributed by atoms with Crippen molar-refractivity contribution >= 4 is 29.5 Å². The second kappa shape index (κ2) is 8.13. The maximum atomic E-state index is 12.2. The van der Waals surface area contributed by atoms with Gasteiger partial charge in [0.15, 0.2) is 0 Å². The van der Waals surface area contributed by atoms with E-state index in [0.29, 0.717) is 0 Å². The van der Waals surface area contributed by atoms with E-state index in [9.17, 15) is 19.2 Å². The first-order chi connectivity index (χ1) is 11.9. The van der Waals surface area contributed by atoms with Gasteiger partial charge in [-0.25, -0.2) is 4.79 Å². The third-order valence-electron chi connectivity index (χ3n) is 3.73. The number of primary amides is 1. The zero-order chi connectivity index (χ0) is 18.4. The Bertz CT molecular complexity index is 683. The van der Waals surface area contributed by atoms with Crippen molar-refractivity contribution in [1.29, 1.82) is 0 Å². The summed E-state index contributed by atoms with van der Waals surface area (Å²) in [6, 6.07) is 6.17. The van der Waals surface area contributed by atoms with E-state index in [4.69, 9.17) is 10.5 Å². The Balaban J connectivity index is 1.95. The zero-order valence-corrected chi connectivity index (χ0v) is 13.9. The van der Waals surface area contributed by atoms with Crippen LogP contribution < -0.4 is 11.1 Å². The van der Waals surface area contributed by atoms with Crippen molar-refractivity contribution in [2.75, 3.05) is 38.1 Å². The molecule has 0 unspecified atom stereocenters. The highest BCUT2D eigenvalue weighted by Gasteiger charge is 2.28. The summed E-state index contributed by atoms with van der Waals surface area (Å²) in [4.78, 5) is 50.2. The number of rotatable bonds is 3. The van der Waals surface area contributed by atoms with Crippen LogP contribution in [0.1, 0.15) is 17.3 Å². The number of amides is 4. The number of nitrogens with two attached hydrogens (primary N) is 1. The first-order valence-electron chi connectivity index (χ1n) is 7.84. The molecule has 3 N–H and O–H groups in total. The van der Waals surface area contributed by atoms with E-state index in [0.717, 1.165) is 0 Å². The van der Waals surface area contributed by atoms with Gasteiger partial charge in [0.2, 0.25) is 0 Å². The highest BCUT2D eigenvalue weighted by Crippen LogP contribution is 2.14. The summed E-state index contributed by atoms with van der Waals surface area (Å²) in [5.41, 5.74) is 5.54. The predicted octanol–water partition coefficient (Wildman–Crippen LogP) is 0.0247. The molecule has 0 saturated carbocycles. The van der Waals surface area contributed by atoms with Crippen LogP contribution in [0.4, 0.5) is 10.5 Å². The minimum Gasteiger partial charge on any atom is -0.450 e. The second-order valence-corrected chi connectivity index (χ2v) is 5.34. The van der Waals surface area contributed by atoms with E-state index in [1.807, 2.05) is 0 Å². The van der Waals surface area contributed by atoms with Crippen molar-refractivity contribution in [2.45, 2.75) is 6.92 Å². The van der Waals surface area contributed by atoms with Gasteiger partial charge < -0.3 is 25.6 Å². The fourth-order valence-electron chi connectivity index (χ4n) is 2.43. The van der Waals surface area contributed by atoms with Crippen LogP contribution in [0, 0.1) is 0 Å². The van der Waals surface area contributed by atoms with Gasteiger partial charge in [-0.05, 0) is 19.1 Å². The number of benzene rings is 1. The molecule has 1 heterocycles. The molecule has 1 aromatic rings. The molecule has 9 nitrogen and oxygen atoms in total. The Morgan fingerprint density at radius 1 is 1.08 bits per heavy atom. The number of hydrogen-bond acceptors (Lipinski definition) is 5. The van der Waals surface area contributed by atoms with Gasteiger partial charge >= 0.3 is 17.9 Å². The van der Waals surface area contributed by atoms with E-state index in [1.54, 1.807) is 19.1 Å². The monoisotopic (exact) mass is 348 g/mol. The number of anilines is 1. The summed E-state index contributed by atoms with van der Waals surface area (Å²) in [5, 5.41) is 2.41. The van der Waals surface area contributed by atoms with E-state index in [2.05, 4.69) is 5.32 Å². The summed E-state index contributed by atoms with van der Waals surface area (Å²) < 4.78 is 4.90.